The van der Waals surface area contributed by atoms with E-state index in [9.17, 15) is 9.59 Å². The fourth-order valence-electron chi connectivity index (χ4n) is 3.46. The molecule has 0 fully saturated rings. The van der Waals surface area contributed by atoms with Gasteiger partial charge in [-0.3, -0.25) is 9.59 Å². The average Bonchev–Trinajstić information content (AvgIpc) is 2.75. The van der Waals surface area contributed by atoms with Crippen molar-refractivity contribution in [3.8, 4) is 5.75 Å². The topological polar surface area (TPSA) is 58.6 Å². The summed E-state index contributed by atoms with van der Waals surface area (Å²) in [6, 6.07) is 21.0. The first-order valence-electron chi connectivity index (χ1n) is 10.2. The molecule has 3 aromatic rings. The second-order valence-corrected chi connectivity index (χ2v) is 7.35. The predicted molar refractivity (Wildman–Crippen MR) is 119 cm³/mol. The van der Waals surface area contributed by atoms with E-state index in [1.807, 2.05) is 80.6 Å². The van der Waals surface area contributed by atoms with E-state index in [2.05, 4.69) is 5.32 Å². The van der Waals surface area contributed by atoms with Crippen LogP contribution < -0.4 is 10.1 Å². The third-order valence-electron chi connectivity index (χ3n) is 5.05. The maximum Gasteiger partial charge on any atom is 0.261 e. The van der Waals surface area contributed by atoms with E-state index < -0.39 is 6.04 Å². The predicted octanol–water partition coefficient (Wildman–Crippen LogP) is 4.08. The minimum Gasteiger partial charge on any atom is -0.483 e. The van der Waals surface area contributed by atoms with Gasteiger partial charge in [-0.1, -0.05) is 66.2 Å². The van der Waals surface area contributed by atoms with Crippen LogP contribution in [0.4, 0.5) is 0 Å². The van der Waals surface area contributed by atoms with Crippen molar-refractivity contribution in [3.05, 3.63) is 77.9 Å². The maximum absolute atomic E-state index is 13.1. The summed E-state index contributed by atoms with van der Waals surface area (Å²) in [6.07, 6.45) is 0. The molecule has 1 N–H and O–H groups in total. The number of benzene rings is 3. The highest BCUT2D eigenvalue weighted by Gasteiger charge is 2.26. The van der Waals surface area contributed by atoms with Gasteiger partial charge in [0.05, 0.1) is 0 Å². The molecule has 3 rings (SSSR count). The molecular formula is C25H28N2O3. The second kappa shape index (κ2) is 9.92. The van der Waals surface area contributed by atoms with Crippen LogP contribution in [-0.4, -0.2) is 35.9 Å². The summed E-state index contributed by atoms with van der Waals surface area (Å²) >= 11 is 0. The Balaban J connectivity index is 1.79. The molecule has 156 valence electrons. The van der Waals surface area contributed by atoms with Gasteiger partial charge in [0.2, 0.25) is 5.91 Å². The second-order valence-electron chi connectivity index (χ2n) is 7.35. The van der Waals surface area contributed by atoms with Crippen LogP contribution in [0.3, 0.4) is 0 Å². The van der Waals surface area contributed by atoms with E-state index in [0.717, 1.165) is 21.9 Å². The van der Waals surface area contributed by atoms with Gasteiger partial charge in [0.15, 0.2) is 6.61 Å². The van der Waals surface area contributed by atoms with E-state index in [1.165, 1.54) is 0 Å². The molecule has 0 saturated heterocycles. The van der Waals surface area contributed by atoms with Gasteiger partial charge in [-0.2, -0.15) is 0 Å². The number of nitrogens with zero attached hydrogens (tertiary/aromatic N) is 1. The van der Waals surface area contributed by atoms with Crippen molar-refractivity contribution >= 4 is 22.6 Å². The first-order valence-corrected chi connectivity index (χ1v) is 10.2. The van der Waals surface area contributed by atoms with Crippen molar-refractivity contribution in [1.82, 2.24) is 10.2 Å². The van der Waals surface area contributed by atoms with Crippen LogP contribution in [0.1, 0.15) is 25.0 Å². The van der Waals surface area contributed by atoms with E-state index in [4.69, 9.17) is 4.74 Å². The standard InChI is InChI=1S/C25H28N2O3/c1-4-26-25(29)19(3)27(16-20-10-7-9-18(2)15-20)24(28)17-30-23-14-8-12-21-11-5-6-13-22(21)23/h5-15,19H,4,16-17H2,1-3H3,(H,26,29). The molecule has 2 amide bonds. The summed E-state index contributed by atoms with van der Waals surface area (Å²) in [5, 5.41) is 4.81. The van der Waals surface area contributed by atoms with Crippen LogP contribution in [0.2, 0.25) is 0 Å². The van der Waals surface area contributed by atoms with Gasteiger partial charge in [0.1, 0.15) is 11.8 Å². The van der Waals surface area contributed by atoms with E-state index in [1.54, 1.807) is 11.8 Å². The fraction of sp³-hybridized carbons (Fsp3) is 0.280. The maximum atomic E-state index is 13.1. The molecule has 0 heterocycles. The van der Waals surface area contributed by atoms with Gasteiger partial charge in [-0.15, -0.1) is 0 Å². The first kappa shape index (κ1) is 21.4. The van der Waals surface area contributed by atoms with Crippen LogP contribution in [-0.2, 0) is 16.1 Å². The fourth-order valence-corrected chi connectivity index (χ4v) is 3.46. The van der Waals surface area contributed by atoms with Gasteiger partial charge < -0.3 is 15.0 Å². The molecule has 0 spiro atoms. The molecule has 0 radical (unpaired) electrons. The highest BCUT2D eigenvalue weighted by Crippen LogP contribution is 2.25. The summed E-state index contributed by atoms with van der Waals surface area (Å²) in [6.45, 7) is 6.34. The molecule has 1 unspecified atom stereocenters. The summed E-state index contributed by atoms with van der Waals surface area (Å²) < 4.78 is 5.89. The molecule has 0 aromatic heterocycles. The molecule has 1 atom stereocenters. The van der Waals surface area contributed by atoms with Gasteiger partial charge in [-0.05, 0) is 37.8 Å². The molecule has 0 aliphatic carbocycles. The quantitative estimate of drug-likeness (QED) is 0.615. The SMILES string of the molecule is CCNC(=O)C(C)N(Cc1cccc(C)c1)C(=O)COc1cccc2ccccc12. The summed E-state index contributed by atoms with van der Waals surface area (Å²) in [4.78, 5) is 27.1. The number of carbonyl (C=O) groups excluding carboxylic acids is 2. The van der Waals surface area contributed by atoms with E-state index in [-0.39, 0.29) is 18.4 Å². The number of ether oxygens (including phenoxy) is 1. The third-order valence-corrected chi connectivity index (χ3v) is 5.05. The number of hydrogen-bond acceptors (Lipinski definition) is 3. The third kappa shape index (κ3) is 5.17. The van der Waals surface area contributed by atoms with Crippen molar-refractivity contribution in [3.63, 3.8) is 0 Å². The van der Waals surface area contributed by atoms with Gasteiger partial charge >= 0.3 is 0 Å². The number of nitrogens with one attached hydrogen (secondary N) is 1. The van der Waals surface area contributed by atoms with Gasteiger partial charge in [-0.25, -0.2) is 0 Å². The molecule has 0 aliphatic rings. The van der Waals surface area contributed by atoms with Crippen LogP contribution in [0, 0.1) is 6.92 Å². The number of aryl methyl sites for hydroxylation is 1. The molecule has 3 aromatic carbocycles. The van der Waals surface area contributed by atoms with E-state index in [0.29, 0.717) is 18.8 Å². The van der Waals surface area contributed by atoms with Gasteiger partial charge in [0.25, 0.3) is 5.91 Å². The van der Waals surface area contributed by atoms with Crippen LogP contribution in [0.15, 0.2) is 66.7 Å². The molecule has 5 heteroatoms. The number of rotatable bonds is 8. The highest BCUT2D eigenvalue weighted by atomic mass is 16.5. The van der Waals surface area contributed by atoms with Gasteiger partial charge in [0, 0.05) is 18.5 Å². The Kier molecular flexibility index (Phi) is 7.07. The minimum absolute atomic E-state index is 0.135. The molecule has 0 saturated carbocycles. The number of hydrogen-bond donors (Lipinski definition) is 1. The number of likely N-dealkylation sites (N-methyl/N-ethyl adjacent to an activating group) is 1. The largest absolute Gasteiger partial charge is 0.483 e. The zero-order chi connectivity index (χ0) is 21.5. The normalized spacial score (nSPS) is 11.7. The lowest BCUT2D eigenvalue weighted by Crippen LogP contribution is -2.49. The molecule has 30 heavy (non-hydrogen) atoms. The van der Waals surface area contributed by atoms with Crippen LogP contribution in [0.25, 0.3) is 10.8 Å². The van der Waals surface area contributed by atoms with Crippen molar-refractivity contribution in [1.29, 1.82) is 0 Å². The Bertz CT molecular complexity index is 1030. The lowest BCUT2D eigenvalue weighted by atomic mass is 10.1. The van der Waals surface area contributed by atoms with Crippen LogP contribution >= 0.6 is 0 Å². The van der Waals surface area contributed by atoms with Crippen molar-refractivity contribution in [2.45, 2.75) is 33.4 Å². The van der Waals surface area contributed by atoms with Crippen molar-refractivity contribution in [2.24, 2.45) is 0 Å². The average molecular weight is 405 g/mol. The summed E-state index contributed by atoms with van der Waals surface area (Å²) in [5.41, 5.74) is 2.09. The smallest absolute Gasteiger partial charge is 0.261 e. The Morgan fingerprint density at radius 2 is 1.77 bits per heavy atom. The molecule has 5 nitrogen and oxygen atoms in total. The molecule has 0 bridgehead atoms. The molecular weight excluding hydrogens is 376 g/mol. The molecule has 0 aliphatic heterocycles. The van der Waals surface area contributed by atoms with Crippen molar-refractivity contribution < 1.29 is 14.3 Å². The Morgan fingerprint density at radius 1 is 1.03 bits per heavy atom. The van der Waals surface area contributed by atoms with Crippen LogP contribution in [0.5, 0.6) is 5.75 Å². The number of fused-ring (bicyclic) bond motifs is 1. The minimum atomic E-state index is -0.603. The zero-order valence-corrected chi connectivity index (χ0v) is 17.7. The first-order chi connectivity index (χ1) is 14.5. The monoisotopic (exact) mass is 404 g/mol. The van der Waals surface area contributed by atoms with E-state index >= 15 is 0 Å². The Hall–Kier alpha value is -3.34. The summed E-state index contributed by atoms with van der Waals surface area (Å²) in [5.74, 6) is 0.245. The lowest BCUT2D eigenvalue weighted by molar-refractivity contribution is -0.142. The summed E-state index contributed by atoms with van der Waals surface area (Å²) in [7, 11) is 0. The highest BCUT2D eigenvalue weighted by molar-refractivity contribution is 5.90. The Labute approximate surface area is 177 Å². The van der Waals surface area contributed by atoms with Crippen molar-refractivity contribution in [2.75, 3.05) is 13.2 Å². The zero-order valence-electron chi connectivity index (χ0n) is 17.7. The number of amides is 2. The number of carbonyl (C=O) groups is 2. The lowest BCUT2D eigenvalue weighted by Gasteiger charge is -2.28. The Morgan fingerprint density at radius 3 is 2.53 bits per heavy atom.